The number of hydrogen-bond donors (Lipinski definition) is 0. The summed E-state index contributed by atoms with van der Waals surface area (Å²) in [5.74, 6) is 0. The number of para-hydroxylation sites is 1. The lowest BCUT2D eigenvalue weighted by molar-refractivity contribution is 0.660. The first-order chi connectivity index (χ1) is 22.6. The van der Waals surface area contributed by atoms with E-state index in [0.717, 1.165) is 17.1 Å². The SMILES string of the molecule is CC1(C)c2ccccc2-c2ccc(N(c3ccc(-c4ccccc4)cc3)c3ccccc3-c3cccc(-c4ccccc4)c3)cc21. The molecule has 0 amide bonds. The van der Waals surface area contributed by atoms with Gasteiger partial charge in [-0.2, -0.15) is 0 Å². The minimum Gasteiger partial charge on any atom is -0.310 e. The van der Waals surface area contributed by atoms with Gasteiger partial charge in [-0.3, -0.25) is 0 Å². The second-order valence-corrected chi connectivity index (χ2v) is 12.6. The molecule has 0 N–H and O–H groups in total. The maximum Gasteiger partial charge on any atom is 0.0540 e. The average molecular weight is 590 g/mol. The molecule has 0 bridgehead atoms. The van der Waals surface area contributed by atoms with Crippen LogP contribution in [0.15, 0.2) is 176 Å². The van der Waals surface area contributed by atoms with Crippen LogP contribution in [0.4, 0.5) is 17.1 Å². The van der Waals surface area contributed by atoms with Crippen molar-refractivity contribution in [2.24, 2.45) is 0 Å². The van der Waals surface area contributed by atoms with Gasteiger partial charge in [-0.1, -0.05) is 153 Å². The first-order valence-corrected chi connectivity index (χ1v) is 16.0. The Kier molecular flexibility index (Phi) is 6.88. The molecule has 0 spiro atoms. The van der Waals surface area contributed by atoms with Crippen molar-refractivity contribution in [2.75, 3.05) is 4.90 Å². The number of nitrogens with zero attached hydrogens (tertiary/aromatic N) is 1. The molecule has 1 aliphatic rings. The van der Waals surface area contributed by atoms with Gasteiger partial charge in [-0.05, 0) is 86.5 Å². The van der Waals surface area contributed by atoms with E-state index in [0.29, 0.717) is 0 Å². The number of benzene rings is 7. The summed E-state index contributed by atoms with van der Waals surface area (Å²) < 4.78 is 0. The van der Waals surface area contributed by atoms with Crippen LogP contribution in [-0.4, -0.2) is 0 Å². The van der Waals surface area contributed by atoms with Gasteiger partial charge in [0, 0.05) is 22.4 Å². The van der Waals surface area contributed by atoms with Crippen LogP contribution in [0, 0.1) is 0 Å². The van der Waals surface area contributed by atoms with E-state index in [2.05, 4.69) is 195 Å². The quantitative estimate of drug-likeness (QED) is 0.186. The van der Waals surface area contributed by atoms with Gasteiger partial charge in [0.15, 0.2) is 0 Å². The zero-order valence-electron chi connectivity index (χ0n) is 26.2. The largest absolute Gasteiger partial charge is 0.310 e. The molecule has 0 radical (unpaired) electrons. The highest BCUT2D eigenvalue weighted by molar-refractivity contribution is 5.91. The summed E-state index contributed by atoms with van der Waals surface area (Å²) in [7, 11) is 0. The molecule has 0 saturated carbocycles. The Hall–Kier alpha value is -5.66. The van der Waals surface area contributed by atoms with Crippen molar-refractivity contribution in [1.82, 2.24) is 0 Å². The number of fused-ring (bicyclic) bond motifs is 3. The maximum atomic E-state index is 2.43. The van der Waals surface area contributed by atoms with Crippen LogP contribution < -0.4 is 4.90 Å². The lowest BCUT2D eigenvalue weighted by Gasteiger charge is -2.30. The molecule has 0 aromatic heterocycles. The fraction of sp³-hybridized carbons (Fsp3) is 0.0667. The summed E-state index contributed by atoms with van der Waals surface area (Å²) in [5, 5.41) is 0. The van der Waals surface area contributed by atoms with Crippen molar-refractivity contribution in [3.8, 4) is 44.5 Å². The van der Waals surface area contributed by atoms with Crippen molar-refractivity contribution in [3.63, 3.8) is 0 Å². The zero-order chi connectivity index (χ0) is 31.1. The maximum absolute atomic E-state index is 2.43. The van der Waals surface area contributed by atoms with Crippen molar-refractivity contribution in [3.05, 3.63) is 187 Å². The molecule has 7 aromatic carbocycles. The topological polar surface area (TPSA) is 3.24 Å². The fourth-order valence-corrected chi connectivity index (χ4v) is 7.10. The predicted octanol–water partition coefficient (Wildman–Crippen LogP) is 12.5. The van der Waals surface area contributed by atoms with E-state index >= 15 is 0 Å². The molecule has 0 unspecified atom stereocenters. The van der Waals surface area contributed by atoms with E-state index in [-0.39, 0.29) is 5.41 Å². The third-order valence-corrected chi connectivity index (χ3v) is 9.48. The monoisotopic (exact) mass is 589 g/mol. The van der Waals surface area contributed by atoms with Crippen LogP contribution in [-0.2, 0) is 5.41 Å². The third kappa shape index (κ3) is 4.82. The molecule has 0 heterocycles. The number of rotatable bonds is 6. The average Bonchev–Trinajstić information content (AvgIpc) is 3.35. The predicted molar refractivity (Wildman–Crippen MR) is 195 cm³/mol. The van der Waals surface area contributed by atoms with Gasteiger partial charge in [0.2, 0.25) is 0 Å². The zero-order valence-corrected chi connectivity index (χ0v) is 26.2. The Balaban J connectivity index is 1.30. The smallest absolute Gasteiger partial charge is 0.0540 e. The van der Waals surface area contributed by atoms with Crippen LogP contribution in [0.5, 0.6) is 0 Å². The molecule has 0 atom stereocenters. The summed E-state index contributed by atoms with van der Waals surface area (Å²) in [6.45, 7) is 4.70. The van der Waals surface area contributed by atoms with Gasteiger partial charge in [0.25, 0.3) is 0 Å². The molecule has 0 aliphatic heterocycles. The van der Waals surface area contributed by atoms with Gasteiger partial charge in [-0.25, -0.2) is 0 Å². The highest BCUT2D eigenvalue weighted by atomic mass is 15.1. The van der Waals surface area contributed by atoms with Crippen LogP contribution in [0.3, 0.4) is 0 Å². The second kappa shape index (κ2) is 11.4. The molecular weight excluding hydrogens is 555 g/mol. The van der Waals surface area contributed by atoms with Crippen molar-refractivity contribution in [2.45, 2.75) is 19.3 Å². The van der Waals surface area contributed by atoms with Crippen LogP contribution in [0.1, 0.15) is 25.0 Å². The molecule has 7 aromatic rings. The summed E-state index contributed by atoms with van der Waals surface area (Å²) in [5.41, 5.74) is 16.0. The molecule has 1 aliphatic carbocycles. The van der Waals surface area contributed by atoms with E-state index < -0.39 is 0 Å². The second-order valence-electron chi connectivity index (χ2n) is 12.6. The minimum atomic E-state index is -0.0890. The minimum absolute atomic E-state index is 0.0890. The van der Waals surface area contributed by atoms with Gasteiger partial charge in [0.1, 0.15) is 0 Å². The molecule has 0 saturated heterocycles. The Morgan fingerprint density at radius 3 is 1.61 bits per heavy atom. The summed E-state index contributed by atoms with van der Waals surface area (Å²) in [4.78, 5) is 2.43. The van der Waals surface area contributed by atoms with E-state index in [4.69, 9.17) is 0 Å². The fourth-order valence-electron chi connectivity index (χ4n) is 7.10. The molecular formula is C45H35N. The van der Waals surface area contributed by atoms with Crippen molar-refractivity contribution < 1.29 is 0 Å². The van der Waals surface area contributed by atoms with Gasteiger partial charge >= 0.3 is 0 Å². The van der Waals surface area contributed by atoms with Crippen molar-refractivity contribution in [1.29, 1.82) is 0 Å². The highest BCUT2D eigenvalue weighted by Crippen LogP contribution is 2.51. The Bertz CT molecular complexity index is 2160. The first kappa shape index (κ1) is 27.9. The van der Waals surface area contributed by atoms with Crippen LogP contribution in [0.2, 0.25) is 0 Å². The first-order valence-electron chi connectivity index (χ1n) is 16.0. The molecule has 0 fully saturated rings. The van der Waals surface area contributed by atoms with E-state index in [1.807, 2.05) is 0 Å². The number of anilines is 3. The summed E-state index contributed by atoms with van der Waals surface area (Å²) in [6.07, 6.45) is 0. The lowest BCUT2D eigenvalue weighted by atomic mass is 9.82. The van der Waals surface area contributed by atoms with E-state index in [1.54, 1.807) is 0 Å². The molecule has 220 valence electrons. The van der Waals surface area contributed by atoms with Crippen LogP contribution >= 0.6 is 0 Å². The lowest BCUT2D eigenvalue weighted by Crippen LogP contribution is -2.16. The molecule has 8 rings (SSSR count). The Labute approximate surface area is 272 Å². The standard InChI is InChI=1S/C45H35N/c1-45(2)42-22-11-9-21-40(42)41-29-28-38(31-43(41)45)46(37-26-24-34(25-27-37)32-14-5-3-6-15-32)44-23-12-10-20-39(44)36-19-13-18-35(30-36)33-16-7-4-8-17-33/h3-31H,1-2H3. The van der Waals surface area contributed by atoms with Gasteiger partial charge in [-0.15, -0.1) is 0 Å². The van der Waals surface area contributed by atoms with Gasteiger partial charge in [0.05, 0.1) is 5.69 Å². The normalized spacial score (nSPS) is 12.7. The molecule has 1 nitrogen and oxygen atoms in total. The highest BCUT2D eigenvalue weighted by Gasteiger charge is 2.35. The molecule has 46 heavy (non-hydrogen) atoms. The third-order valence-electron chi connectivity index (χ3n) is 9.48. The Morgan fingerprint density at radius 2 is 0.870 bits per heavy atom. The van der Waals surface area contributed by atoms with Gasteiger partial charge < -0.3 is 4.90 Å². The van der Waals surface area contributed by atoms with E-state index in [1.165, 1.54) is 55.6 Å². The summed E-state index contributed by atoms with van der Waals surface area (Å²) in [6, 6.07) is 63.8. The molecule has 1 heteroatoms. The van der Waals surface area contributed by atoms with Crippen LogP contribution in [0.25, 0.3) is 44.5 Å². The van der Waals surface area contributed by atoms with E-state index in [9.17, 15) is 0 Å². The Morgan fingerprint density at radius 1 is 0.348 bits per heavy atom. The number of hydrogen-bond acceptors (Lipinski definition) is 1. The van der Waals surface area contributed by atoms with Crippen molar-refractivity contribution >= 4 is 17.1 Å². The summed E-state index contributed by atoms with van der Waals surface area (Å²) >= 11 is 0.